The second-order valence-corrected chi connectivity index (χ2v) is 7.91. The molecule has 7 heteroatoms. The number of thioether (sulfide) groups is 1. The zero-order valence-electron chi connectivity index (χ0n) is 11.9. The molecular weight excluding hydrogens is 306 g/mol. The SMILES string of the molecule is CSC1CCCCC1NS(=O)(=O)c1ccc(N)cc1C#N. The fourth-order valence-corrected chi connectivity index (χ4v) is 5.12. The molecule has 1 fully saturated rings. The highest BCUT2D eigenvalue weighted by atomic mass is 32.2. The van der Waals surface area contributed by atoms with Crippen molar-refractivity contribution in [3.63, 3.8) is 0 Å². The van der Waals surface area contributed by atoms with Gasteiger partial charge in [-0.3, -0.25) is 0 Å². The molecular formula is C14H19N3O2S2. The molecule has 0 amide bonds. The van der Waals surface area contributed by atoms with Crippen molar-refractivity contribution in [2.24, 2.45) is 0 Å². The first-order valence-corrected chi connectivity index (χ1v) is 9.60. The van der Waals surface area contributed by atoms with Crippen LogP contribution >= 0.6 is 11.8 Å². The minimum Gasteiger partial charge on any atom is -0.399 e. The summed E-state index contributed by atoms with van der Waals surface area (Å²) in [6, 6.07) is 6.11. The van der Waals surface area contributed by atoms with Crippen molar-refractivity contribution >= 4 is 27.5 Å². The molecule has 2 atom stereocenters. The number of nitrogens with one attached hydrogen (secondary N) is 1. The smallest absolute Gasteiger partial charge is 0.242 e. The molecule has 2 rings (SSSR count). The highest BCUT2D eigenvalue weighted by Gasteiger charge is 2.30. The van der Waals surface area contributed by atoms with Gasteiger partial charge in [0.15, 0.2) is 0 Å². The lowest BCUT2D eigenvalue weighted by atomic mass is 9.96. The van der Waals surface area contributed by atoms with Crippen LogP contribution in [0.4, 0.5) is 5.69 Å². The van der Waals surface area contributed by atoms with Gasteiger partial charge in [0, 0.05) is 17.0 Å². The molecule has 1 aromatic rings. The number of rotatable bonds is 4. The third kappa shape index (κ3) is 3.70. The molecule has 21 heavy (non-hydrogen) atoms. The highest BCUT2D eigenvalue weighted by Crippen LogP contribution is 2.29. The topological polar surface area (TPSA) is 96.0 Å². The van der Waals surface area contributed by atoms with Gasteiger partial charge in [0.25, 0.3) is 0 Å². The van der Waals surface area contributed by atoms with E-state index in [2.05, 4.69) is 4.72 Å². The molecule has 0 aliphatic heterocycles. The van der Waals surface area contributed by atoms with Gasteiger partial charge in [-0.25, -0.2) is 13.1 Å². The van der Waals surface area contributed by atoms with E-state index in [1.165, 1.54) is 18.2 Å². The van der Waals surface area contributed by atoms with Gasteiger partial charge < -0.3 is 5.73 Å². The Balaban J connectivity index is 2.28. The molecule has 2 unspecified atom stereocenters. The quantitative estimate of drug-likeness (QED) is 0.826. The molecule has 3 N–H and O–H groups in total. The van der Waals surface area contributed by atoms with Crippen LogP contribution in [0.15, 0.2) is 23.1 Å². The van der Waals surface area contributed by atoms with E-state index in [0.717, 1.165) is 25.7 Å². The van der Waals surface area contributed by atoms with E-state index in [4.69, 9.17) is 11.0 Å². The van der Waals surface area contributed by atoms with E-state index in [0.29, 0.717) is 5.69 Å². The number of nitrogens with zero attached hydrogens (tertiary/aromatic N) is 1. The molecule has 0 aromatic heterocycles. The number of nitriles is 1. The summed E-state index contributed by atoms with van der Waals surface area (Å²) in [5.41, 5.74) is 6.07. The van der Waals surface area contributed by atoms with Gasteiger partial charge in [0.2, 0.25) is 10.0 Å². The van der Waals surface area contributed by atoms with Gasteiger partial charge in [-0.2, -0.15) is 17.0 Å². The lowest BCUT2D eigenvalue weighted by Gasteiger charge is -2.30. The molecule has 0 spiro atoms. The van der Waals surface area contributed by atoms with Crippen LogP contribution in [0.1, 0.15) is 31.2 Å². The van der Waals surface area contributed by atoms with Crippen molar-refractivity contribution < 1.29 is 8.42 Å². The third-order valence-corrected chi connectivity index (χ3v) is 6.44. The fourth-order valence-electron chi connectivity index (χ4n) is 2.65. The number of nitrogen functional groups attached to an aromatic ring is 1. The second-order valence-electron chi connectivity index (χ2n) is 5.15. The molecule has 0 radical (unpaired) electrons. The van der Waals surface area contributed by atoms with E-state index < -0.39 is 10.0 Å². The maximum Gasteiger partial charge on any atom is 0.242 e. The minimum atomic E-state index is -3.70. The summed E-state index contributed by atoms with van der Waals surface area (Å²) in [7, 11) is -3.70. The molecule has 114 valence electrons. The van der Waals surface area contributed by atoms with Crippen LogP contribution in [0, 0.1) is 11.3 Å². The zero-order chi connectivity index (χ0) is 15.5. The Labute approximate surface area is 130 Å². The first-order valence-electron chi connectivity index (χ1n) is 6.82. The maximum atomic E-state index is 12.5. The van der Waals surface area contributed by atoms with Gasteiger partial charge in [0.05, 0.1) is 10.5 Å². The van der Waals surface area contributed by atoms with Crippen LogP contribution in [0.3, 0.4) is 0 Å². The van der Waals surface area contributed by atoms with Gasteiger partial charge in [-0.1, -0.05) is 12.8 Å². The maximum absolute atomic E-state index is 12.5. The molecule has 5 nitrogen and oxygen atoms in total. The summed E-state index contributed by atoms with van der Waals surface area (Å²) in [6.07, 6.45) is 6.01. The van der Waals surface area contributed by atoms with E-state index in [1.54, 1.807) is 11.8 Å². The van der Waals surface area contributed by atoms with Crippen molar-refractivity contribution in [2.75, 3.05) is 12.0 Å². The number of benzene rings is 1. The molecule has 1 aromatic carbocycles. The van der Waals surface area contributed by atoms with Crippen LogP contribution in [0.25, 0.3) is 0 Å². The zero-order valence-corrected chi connectivity index (χ0v) is 13.5. The average Bonchev–Trinajstić information content (AvgIpc) is 2.47. The molecule has 1 aliphatic carbocycles. The summed E-state index contributed by atoms with van der Waals surface area (Å²) < 4.78 is 27.8. The summed E-state index contributed by atoms with van der Waals surface area (Å²) >= 11 is 1.69. The highest BCUT2D eigenvalue weighted by molar-refractivity contribution is 7.99. The Morgan fingerprint density at radius 2 is 2.10 bits per heavy atom. The number of anilines is 1. The number of hydrogen-bond acceptors (Lipinski definition) is 5. The van der Waals surface area contributed by atoms with Crippen molar-refractivity contribution in [2.45, 2.75) is 41.9 Å². The minimum absolute atomic E-state index is 0.00428. The van der Waals surface area contributed by atoms with Crippen LogP contribution < -0.4 is 10.5 Å². The monoisotopic (exact) mass is 325 g/mol. The Kier molecular flexibility index (Phi) is 5.14. The summed E-state index contributed by atoms with van der Waals surface area (Å²) in [5.74, 6) is 0. The van der Waals surface area contributed by atoms with Crippen molar-refractivity contribution in [1.82, 2.24) is 4.72 Å². The fraction of sp³-hybridized carbons (Fsp3) is 0.500. The average molecular weight is 325 g/mol. The predicted octanol–water partition coefficient (Wildman–Crippen LogP) is 2.09. The molecule has 0 bridgehead atoms. The number of nitrogens with two attached hydrogens (primary N) is 1. The molecule has 1 aliphatic rings. The van der Waals surface area contributed by atoms with E-state index in [-0.39, 0.29) is 21.8 Å². The van der Waals surface area contributed by atoms with E-state index in [1.807, 2.05) is 12.3 Å². The van der Waals surface area contributed by atoms with Crippen LogP contribution in [0.5, 0.6) is 0 Å². The summed E-state index contributed by atoms with van der Waals surface area (Å²) in [4.78, 5) is 0.00428. The first-order chi connectivity index (χ1) is 9.97. The van der Waals surface area contributed by atoms with Crippen LogP contribution in [-0.4, -0.2) is 26.0 Å². The normalized spacial score (nSPS) is 22.7. The third-order valence-electron chi connectivity index (χ3n) is 3.73. The van der Waals surface area contributed by atoms with Crippen LogP contribution in [-0.2, 0) is 10.0 Å². The summed E-state index contributed by atoms with van der Waals surface area (Å²) in [6.45, 7) is 0. The molecule has 1 saturated carbocycles. The van der Waals surface area contributed by atoms with Crippen molar-refractivity contribution in [1.29, 1.82) is 5.26 Å². The lowest BCUT2D eigenvalue weighted by Crippen LogP contribution is -2.43. The van der Waals surface area contributed by atoms with Crippen molar-refractivity contribution in [3.05, 3.63) is 23.8 Å². The number of sulfonamides is 1. The molecule has 0 saturated heterocycles. The molecule has 0 heterocycles. The largest absolute Gasteiger partial charge is 0.399 e. The van der Waals surface area contributed by atoms with Crippen LogP contribution in [0.2, 0.25) is 0 Å². The summed E-state index contributed by atoms with van der Waals surface area (Å²) in [5, 5.41) is 9.39. The van der Waals surface area contributed by atoms with E-state index in [9.17, 15) is 8.42 Å². The Hall–Kier alpha value is -1.23. The lowest BCUT2D eigenvalue weighted by molar-refractivity contribution is 0.423. The Morgan fingerprint density at radius 1 is 1.38 bits per heavy atom. The van der Waals surface area contributed by atoms with Gasteiger partial charge >= 0.3 is 0 Å². The van der Waals surface area contributed by atoms with Crippen molar-refractivity contribution in [3.8, 4) is 6.07 Å². The predicted molar refractivity (Wildman–Crippen MR) is 85.4 cm³/mol. The second kappa shape index (κ2) is 6.69. The standard InChI is InChI=1S/C14H19N3O2S2/c1-20-13-5-3-2-4-12(13)17-21(18,19)14-7-6-11(16)8-10(14)9-15/h6-8,12-13,17H,2-5,16H2,1H3. The van der Waals surface area contributed by atoms with E-state index >= 15 is 0 Å². The Morgan fingerprint density at radius 3 is 2.76 bits per heavy atom. The number of hydrogen-bond donors (Lipinski definition) is 2. The van der Waals surface area contributed by atoms with Gasteiger partial charge in [-0.15, -0.1) is 0 Å². The first kappa shape index (κ1) is 16.1. The van der Waals surface area contributed by atoms with Gasteiger partial charge in [-0.05, 0) is 37.3 Å². The Bertz CT molecular complexity index is 653. The van der Waals surface area contributed by atoms with Gasteiger partial charge in [0.1, 0.15) is 6.07 Å².